The highest BCUT2D eigenvalue weighted by atomic mass is 16.6. The first kappa shape index (κ1) is 7.76. The second-order valence-electron chi connectivity index (χ2n) is 2.71. The number of aliphatic hydroxyl groups is 1. The molecule has 1 aliphatic heterocycles. The minimum absolute atomic E-state index is 0.189. The van der Waals surface area contributed by atoms with Crippen molar-refractivity contribution in [3.63, 3.8) is 0 Å². The van der Waals surface area contributed by atoms with Crippen molar-refractivity contribution in [1.82, 2.24) is 0 Å². The number of allylic oxidation sites excluding steroid dienone is 1. The van der Waals surface area contributed by atoms with Gasteiger partial charge in [0.15, 0.2) is 0 Å². The van der Waals surface area contributed by atoms with Crippen LogP contribution in [0.5, 0.6) is 0 Å². The molecule has 0 amide bonds. The highest BCUT2D eigenvalue weighted by Gasteiger charge is 2.24. The Labute approximate surface area is 61.5 Å². The number of rotatable bonds is 5. The smallest absolute Gasteiger partial charge is 0.0834 e. The average molecular weight is 142 g/mol. The van der Waals surface area contributed by atoms with Crippen molar-refractivity contribution in [3.05, 3.63) is 12.7 Å². The van der Waals surface area contributed by atoms with Crippen molar-refractivity contribution in [1.29, 1.82) is 0 Å². The van der Waals surface area contributed by atoms with Crippen molar-refractivity contribution in [2.75, 3.05) is 6.61 Å². The largest absolute Gasteiger partial charge is 0.393 e. The zero-order valence-corrected chi connectivity index (χ0v) is 6.12. The van der Waals surface area contributed by atoms with Crippen LogP contribution in [0.1, 0.15) is 19.3 Å². The van der Waals surface area contributed by atoms with Crippen molar-refractivity contribution in [3.8, 4) is 0 Å². The third kappa shape index (κ3) is 2.99. The molecule has 0 aromatic rings. The van der Waals surface area contributed by atoms with Crippen molar-refractivity contribution in [2.45, 2.75) is 31.5 Å². The molecule has 0 radical (unpaired) electrons. The molecule has 0 aromatic carbocycles. The molecule has 1 fully saturated rings. The minimum Gasteiger partial charge on any atom is -0.393 e. The summed E-state index contributed by atoms with van der Waals surface area (Å²) < 4.78 is 4.97. The molecule has 1 heterocycles. The SMILES string of the molecule is C=CCCC(O)CC1CO1. The van der Waals surface area contributed by atoms with Crippen LogP contribution >= 0.6 is 0 Å². The molecule has 10 heavy (non-hydrogen) atoms. The Hall–Kier alpha value is -0.340. The third-order valence-corrected chi connectivity index (χ3v) is 1.64. The van der Waals surface area contributed by atoms with Gasteiger partial charge in [0.05, 0.1) is 18.8 Å². The normalized spacial score (nSPS) is 25.9. The average Bonchev–Trinajstić information content (AvgIpc) is 2.67. The maximum Gasteiger partial charge on any atom is 0.0834 e. The van der Waals surface area contributed by atoms with Gasteiger partial charge in [-0.05, 0) is 12.8 Å². The molecule has 0 bridgehead atoms. The summed E-state index contributed by atoms with van der Waals surface area (Å²) in [4.78, 5) is 0. The standard InChI is InChI=1S/C8H14O2/c1-2-3-4-7(9)5-8-6-10-8/h2,7-9H,1,3-6H2. The summed E-state index contributed by atoms with van der Waals surface area (Å²) in [5.74, 6) is 0. The highest BCUT2D eigenvalue weighted by Crippen LogP contribution is 2.17. The van der Waals surface area contributed by atoms with E-state index < -0.39 is 0 Å². The summed E-state index contributed by atoms with van der Waals surface area (Å²) in [6.07, 6.45) is 4.51. The third-order valence-electron chi connectivity index (χ3n) is 1.64. The zero-order chi connectivity index (χ0) is 7.40. The van der Waals surface area contributed by atoms with E-state index in [4.69, 9.17) is 4.74 Å². The molecule has 2 atom stereocenters. The van der Waals surface area contributed by atoms with Crippen molar-refractivity contribution in [2.24, 2.45) is 0 Å². The quantitative estimate of drug-likeness (QED) is 0.460. The molecular formula is C8H14O2. The first-order valence-corrected chi connectivity index (χ1v) is 3.73. The summed E-state index contributed by atoms with van der Waals surface area (Å²) in [6, 6.07) is 0. The van der Waals surface area contributed by atoms with Gasteiger partial charge in [-0.25, -0.2) is 0 Å². The van der Waals surface area contributed by atoms with E-state index in [0.29, 0.717) is 6.10 Å². The molecule has 0 aromatic heterocycles. The van der Waals surface area contributed by atoms with E-state index in [9.17, 15) is 5.11 Å². The fourth-order valence-corrected chi connectivity index (χ4v) is 0.936. The van der Waals surface area contributed by atoms with E-state index in [2.05, 4.69) is 6.58 Å². The lowest BCUT2D eigenvalue weighted by molar-refractivity contribution is 0.144. The van der Waals surface area contributed by atoms with E-state index in [1.807, 2.05) is 6.08 Å². The second-order valence-corrected chi connectivity index (χ2v) is 2.71. The molecule has 1 rings (SSSR count). The van der Waals surface area contributed by atoms with Crippen LogP contribution < -0.4 is 0 Å². The topological polar surface area (TPSA) is 32.8 Å². The first-order chi connectivity index (χ1) is 4.83. The number of hydrogen-bond donors (Lipinski definition) is 1. The van der Waals surface area contributed by atoms with Crippen LogP contribution in [0.3, 0.4) is 0 Å². The van der Waals surface area contributed by atoms with Gasteiger partial charge in [0.1, 0.15) is 0 Å². The summed E-state index contributed by atoms with van der Waals surface area (Å²) in [6.45, 7) is 4.42. The van der Waals surface area contributed by atoms with Gasteiger partial charge in [0.2, 0.25) is 0 Å². The predicted molar refractivity (Wildman–Crippen MR) is 39.8 cm³/mol. The molecule has 0 aliphatic carbocycles. The molecule has 1 N–H and O–H groups in total. The van der Waals surface area contributed by atoms with E-state index in [0.717, 1.165) is 25.9 Å². The Morgan fingerprint density at radius 3 is 3.00 bits per heavy atom. The number of epoxide rings is 1. The lowest BCUT2D eigenvalue weighted by atomic mass is 10.1. The van der Waals surface area contributed by atoms with Crippen LogP contribution in [0.15, 0.2) is 12.7 Å². The van der Waals surface area contributed by atoms with E-state index in [1.165, 1.54) is 0 Å². The van der Waals surface area contributed by atoms with Gasteiger partial charge < -0.3 is 9.84 Å². The zero-order valence-electron chi connectivity index (χ0n) is 6.12. The van der Waals surface area contributed by atoms with Gasteiger partial charge >= 0.3 is 0 Å². The van der Waals surface area contributed by atoms with Crippen LogP contribution in [-0.2, 0) is 4.74 Å². The van der Waals surface area contributed by atoms with Gasteiger partial charge in [-0.1, -0.05) is 6.08 Å². The van der Waals surface area contributed by atoms with Crippen LogP contribution in [0.25, 0.3) is 0 Å². The lowest BCUT2D eigenvalue weighted by Crippen LogP contribution is -2.08. The summed E-state index contributed by atoms with van der Waals surface area (Å²) in [5.41, 5.74) is 0. The van der Waals surface area contributed by atoms with Crippen LogP contribution in [0.4, 0.5) is 0 Å². The fraction of sp³-hybridized carbons (Fsp3) is 0.750. The minimum atomic E-state index is -0.189. The monoisotopic (exact) mass is 142 g/mol. The maximum atomic E-state index is 9.26. The Kier molecular flexibility index (Phi) is 2.90. The number of aliphatic hydroxyl groups excluding tert-OH is 1. The van der Waals surface area contributed by atoms with Gasteiger partial charge in [-0.15, -0.1) is 6.58 Å². The molecule has 0 spiro atoms. The first-order valence-electron chi connectivity index (χ1n) is 3.73. The highest BCUT2D eigenvalue weighted by molar-refractivity contribution is 4.76. The number of hydrogen-bond acceptors (Lipinski definition) is 2. The van der Waals surface area contributed by atoms with E-state index in [-0.39, 0.29) is 6.10 Å². The van der Waals surface area contributed by atoms with Crippen LogP contribution in [0.2, 0.25) is 0 Å². The predicted octanol–water partition coefficient (Wildman–Crippen LogP) is 1.10. The molecule has 1 saturated heterocycles. The van der Waals surface area contributed by atoms with Crippen LogP contribution in [-0.4, -0.2) is 23.9 Å². The van der Waals surface area contributed by atoms with Gasteiger partial charge in [-0.2, -0.15) is 0 Å². The van der Waals surface area contributed by atoms with Crippen LogP contribution in [0, 0.1) is 0 Å². The summed E-state index contributed by atoms with van der Waals surface area (Å²) in [5, 5.41) is 9.26. The van der Waals surface area contributed by atoms with Gasteiger partial charge in [0.25, 0.3) is 0 Å². The Bertz CT molecular complexity index is 108. The number of ether oxygens (including phenoxy) is 1. The summed E-state index contributed by atoms with van der Waals surface area (Å²) in [7, 11) is 0. The molecule has 58 valence electrons. The van der Waals surface area contributed by atoms with E-state index in [1.54, 1.807) is 0 Å². The Morgan fingerprint density at radius 2 is 2.50 bits per heavy atom. The Balaban J connectivity index is 1.96. The second kappa shape index (κ2) is 3.74. The van der Waals surface area contributed by atoms with Gasteiger partial charge in [0, 0.05) is 6.42 Å². The molecule has 1 aliphatic rings. The Morgan fingerprint density at radius 1 is 1.80 bits per heavy atom. The van der Waals surface area contributed by atoms with Gasteiger partial charge in [-0.3, -0.25) is 0 Å². The molecule has 2 nitrogen and oxygen atoms in total. The van der Waals surface area contributed by atoms with Crippen molar-refractivity contribution < 1.29 is 9.84 Å². The molecule has 0 saturated carbocycles. The molecular weight excluding hydrogens is 128 g/mol. The maximum absolute atomic E-state index is 9.26. The molecule has 2 unspecified atom stereocenters. The van der Waals surface area contributed by atoms with Crippen molar-refractivity contribution >= 4 is 0 Å². The fourth-order valence-electron chi connectivity index (χ4n) is 0.936. The molecule has 2 heteroatoms. The van der Waals surface area contributed by atoms with E-state index >= 15 is 0 Å². The summed E-state index contributed by atoms with van der Waals surface area (Å²) >= 11 is 0. The lowest BCUT2D eigenvalue weighted by Gasteiger charge is -2.05.